The normalized spacial score (nSPS) is 24.9. The number of benzene rings is 2. The summed E-state index contributed by atoms with van der Waals surface area (Å²) in [7, 11) is 0. The van der Waals surface area contributed by atoms with Crippen molar-refractivity contribution in [3.8, 4) is 0 Å². The molecule has 11 heteroatoms. The second kappa shape index (κ2) is 9.98. The van der Waals surface area contributed by atoms with E-state index in [-0.39, 0.29) is 35.6 Å². The number of amides is 2. The van der Waals surface area contributed by atoms with Crippen molar-refractivity contribution < 1.29 is 23.1 Å². The van der Waals surface area contributed by atoms with Crippen molar-refractivity contribution >= 4 is 28.7 Å². The van der Waals surface area contributed by atoms with Gasteiger partial charge in [0.25, 0.3) is 11.8 Å². The molecule has 0 radical (unpaired) electrons. The Hall–Kier alpha value is -3.18. The van der Waals surface area contributed by atoms with Crippen LogP contribution in [0.5, 0.6) is 0 Å². The first-order valence-corrected chi connectivity index (χ1v) is 11.6. The number of aliphatic imine (C=N–C) groups is 1. The van der Waals surface area contributed by atoms with Crippen LogP contribution in [-0.4, -0.2) is 41.6 Å². The maximum absolute atomic E-state index is 14.9. The van der Waals surface area contributed by atoms with E-state index in [2.05, 4.69) is 15.8 Å². The molecular formula is C23H22F2N4O4S. The number of amidine groups is 1. The third-order valence-electron chi connectivity index (χ3n) is 5.86. The van der Waals surface area contributed by atoms with Crippen LogP contribution in [0.15, 0.2) is 58.7 Å². The van der Waals surface area contributed by atoms with Gasteiger partial charge in [-0.3, -0.25) is 9.59 Å². The Morgan fingerprint density at radius 3 is 2.71 bits per heavy atom. The third-order valence-corrected chi connectivity index (χ3v) is 6.89. The number of ether oxygens (including phenoxy) is 1. The monoisotopic (exact) mass is 488 g/mol. The Balaban J connectivity index is 1.65. The fourth-order valence-electron chi connectivity index (χ4n) is 4.12. The molecule has 2 aliphatic heterocycles. The molecule has 0 spiro atoms. The Bertz CT molecular complexity index is 1130. The largest absolute Gasteiger partial charge is 0.365 e. The summed E-state index contributed by atoms with van der Waals surface area (Å²) in [6, 6.07) is 11.8. The van der Waals surface area contributed by atoms with Crippen molar-refractivity contribution in [2.75, 3.05) is 12.4 Å². The maximum atomic E-state index is 14.9. The minimum absolute atomic E-state index is 0.118. The summed E-state index contributed by atoms with van der Waals surface area (Å²) in [4.78, 5) is 40.5. The second-order valence-electron chi connectivity index (χ2n) is 8.12. The van der Waals surface area contributed by atoms with Gasteiger partial charge in [0.2, 0.25) is 0 Å². The molecule has 0 aromatic heterocycles. The number of nitroso groups, excluding NO2 is 1. The van der Waals surface area contributed by atoms with Gasteiger partial charge in [0, 0.05) is 28.9 Å². The van der Waals surface area contributed by atoms with Gasteiger partial charge in [0.1, 0.15) is 23.3 Å². The van der Waals surface area contributed by atoms with Crippen molar-refractivity contribution in [1.82, 2.24) is 10.6 Å². The van der Waals surface area contributed by atoms with Crippen LogP contribution in [-0.2, 0) is 15.1 Å². The van der Waals surface area contributed by atoms with E-state index in [4.69, 9.17) is 9.73 Å². The SMILES string of the molecule is CC(N=O)NC(=O)[C@H]1C[C@H]2CSC(NC(=O)c3ccccc3)=N[C@@]2(c2ccc(F)cc2F)CO1. The quantitative estimate of drug-likeness (QED) is 0.628. The summed E-state index contributed by atoms with van der Waals surface area (Å²) in [6.45, 7) is 1.26. The number of nitrogens with zero attached hydrogens (tertiary/aromatic N) is 2. The van der Waals surface area contributed by atoms with Crippen LogP contribution in [0.4, 0.5) is 8.78 Å². The van der Waals surface area contributed by atoms with Gasteiger partial charge >= 0.3 is 0 Å². The van der Waals surface area contributed by atoms with Crippen LogP contribution in [0.1, 0.15) is 29.3 Å². The molecule has 1 saturated heterocycles. The molecule has 8 nitrogen and oxygen atoms in total. The summed E-state index contributed by atoms with van der Waals surface area (Å²) < 4.78 is 34.4. The highest BCUT2D eigenvalue weighted by atomic mass is 32.2. The Labute approximate surface area is 198 Å². The summed E-state index contributed by atoms with van der Waals surface area (Å²) in [6.07, 6.45) is -1.62. The maximum Gasteiger partial charge on any atom is 0.257 e. The van der Waals surface area contributed by atoms with E-state index in [1.165, 1.54) is 24.8 Å². The predicted octanol–water partition coefficient (Wildman–Crippen LogP) is 3.33. The molecule has 1 unspecified atom stereocenters. The Kier molecular flexibility index (Phi) is 7.03. The highest BCUT2D eigenvalue weighted by Crippen LogP contribution is 2.47. The van der Waals surface area contributed by atoms with E-state index in [1.54, 1.807) is 30.3 Å². The van der Waals surface area contributed by atoms with Crippen LogP contribution >= 0.6 is 11.8 Å². The average Bonchev–Trinajstić information content (AvgIpc) is 2.83. The van der Waals surface area contributed by atoms with Crippen molar-refractivity contribution in [3.05, 3.63) is 76.2 Å². The van der Waals surface area contributed by atoms with Crippen molar-refractivity contribution in [3.63, 3.8) is 0 Å². The van der Waals surface area contributed by atoms with Crippen molar-refractivity contribution in [2.24, 2.45) is 16.1 Å². The summed E-state index contributed by atoms with van der Waals surface area (Å²) in [5, 5.41) is 8.25. The molecule has 4 rings (SSSR count). The van der Waals surface area contributed by atoms with Gasteiger partial charge < -0.3 is 15.4 Å². The topological polar surface area (TPSA) is 109 Å². The van der Waals surface area contributed by atoms with E-state index in [0.717, 1.165) is 12.1 Å². The first kappa shape index (κ1) is 24.0. The summed E-state index contributed by atoms with van der Waals surface area (Å²) in [5.41, 5.74) is -0.717. The number of hydrogen-bond donors (Lipinski definition) is 2. The summed E-state index contributed by atoms with van der Waals surface area (Å²) >= 11 is 1.27. The average molecular weight is 489 g/mol. The minimum atomic E-state index is -1.27. The molecule has 34 heavy (non-hydrogen) atoms. The number of hydrogen-bond acceptors (Lipinski definition) is 7. The van der Waals surface area contributed by atoms with E-state index in [0.29, 0.717) is 11.3 Å². The fourth-order valence-corrected chi connectivity index (χ4v) is 5.28. The van der Waals surface area contributed by atoms with Crippen molar-refractivity contribution in [2.45, 2.75) is 31.2 Å². The minimum Gasteiger partial charge on any atom is -0.365 e. The van der Waals surface area contributed by atoms with Crippen LogP contribution in [0.3, 0.4) is 0 Å². The van der Waals surface area contributed by atoms with Crippen LogP contribution in [0, 0.1) is 22.5 Å². The number of halogens is 2. The standard InChI is InChI=1S/C23H22F2N4O4S/c1-13(29-32)26-21(31)19-9-15-11-34-22(27-20(30)14-5-3-2-4-6-14)28-23(15,12-33-19)17-8-7-16(24)10-18(17)25/h2-8,10,13,15,19H,9,11-12H2,1H3,(H,26,31)(H,27,28,30)/t13?,15-,19+,23-/m0/s1. The molecule has 2 aromatic carbocycles. The van der Waals surface area contributed by atoms with Crippen LogP contribution in [0.25, 0.3) is 0 Å². The number of rotatable bonds is 5. The van der Waals surface area contributed by atoms with Gasteiger partial charge in [-0.1, -0.05) is 36.0 Å². The molecular weight excluding hydrogens is 466 g/mol. The molecule has 0 bridgehead atoms. The smallest absolute Gasteiger partial charge is 0.257 e. The highest BCUT2D eigenvalue weighted by Gasteiger charge is 2.51. The number of fused-ring (bicyclic) bond motifs is 1. The van der Waals surface area contributed by atoms with Gasteiger partial charge in [-0.15, -0.1) is 4.91 Å². The molecule has 2 heterocycles. The van der Waals surface area contributed by atoms with E-state index in [1.807, 2.05) is 0 Å². The van der Waals surface area contributed by atoms with Gasteiger partial charge in [0.15, 0.2) is 11.3 Å². The van der Waals surface area contributed by atoms with E-state index < -0.39 is 35.4 Å². The van der Waals surface area contributed by atoms with Gasteiger partial charge in [-0.2, -0.15) is 0 Å². The van der Waals surface area contributed by atoms with Gasteiger partial charge in [-0.25, -0.2) is 13.8 Å². The molecule has 4 atom stereocenters. The zero-order valence-electron chi connectivity index (χ0n) is 18.2. The first-order valence-electron chi connectivity index (χ1n) is 10.6. The van der Waals surface area contributed by atoms with Crippen molar-refractivity contribution in [1.29, 1.82) is 0 Å². The summed E-state index contributed by atoms with van der Waals surface area (Å²) in [5.74, 6) is -2.36. The lowest BCUT2D eigenvalue weighted by Gasteiger charge is -2.46. The molecule has 2 amide bonds. The van der Waals surface area contributed by atoms with Crippen LogP contribution in [0.2, 0.25) is 0 Å². The second-order valence-corrected chi connectivity index (χ2v) is 9.13. The molecule has 0 aliphatic carbocycles. The van der Waals surface area contributed by atoms with Gasteiger partial charge in [-0.05, 0) is 36.7 Å². The number of carbonyl (C=O) groups is 2. The lowest BCUT2D eigenvalue weighted by molar-refractivity contribution is -0.142. The molecule has 1 fully saturated rings. The Morgan fingerprint density at radius 1 is 1.24 bits per heavy atom. The van der Waals surface area contributed by atoms with E-state index >= 15 is 0 Å². The lowest BCUT2D eigenvalue weighted by atomic mass is 9.75. The highest BCUT2D eigenvalue weighted by molar-refractivity contribution is 8.13. The third kappa shape index (κ3) is 4.85. The molecule has 0 saturated carbocycles. The molecule has 2 aliphatic rings. The zero-order valence-corrected chi connectivity index (χ0v) is 19.0. The number of carbonyl (C=O) groups excluding carboxylic acids is 2. The predicted molar refractivity (Wildman–Crippen MR) is 123 cm³/mol. The Morgan fingerprint density at radius 2 is 2.00 bits per heavy atom. The molecule has 2 aromatic rings. The fraction of sp³-hybridized carbons (Fsp3) is 0.348. The number of nitrogens with one attached hydrogen (secondary N) is 2. The van der Waals surface area contributed by atoms with E-state index in [9.17, 15) is 23.3 Å². The van der Waals surface area contributed by atoms with Crippen LogP contribution < -0.4 is 10.6 Å². The molecule has 178 valence electrons. The first-order chi connectivity index (χ1) is 16.3. The lowest BCUT2D eigenvalue weighted by Crippen LogP contribution is -2.54. The molecule has 2 N–H and O–H groups in total. The number of thioether (sulfide) groups is 1. The van der Waals surface area contributed by atoms with Gasteiger partial charge in [0.05, 0.1) is 6.61 Å². The zero-order chi connectivity index (χ0) is 24.3.